The number of rotatable bonds is 5. The van der Waals surface area contributed by atoms with E-state index in [9.17, 15) is 0 Å². The minimum Gasteiger partial charge on any atom is -0.375 e. The Morgan fingerprint density at radius 3 is 1.92 bits per heavy atom. The third-order valence-corrected chi connectivity index (χ3v) is 8.49. The average Bonchev–Trinajstić information content (AvgIpc) is 3.31. The highest BCUT2D eigenvalue weighted by molar-refractivity contribution is 4.93. The first-order chi connectivity index (χ1) is 12.6. The van der Waals surface area contributed by atoms with Crippen molar-refractivity contribution >= 4 is 0 Å². The van der Waals surface area contributed by atoms with Gasteiger partial charge in [0, 0.05) is 32.3 Å². The SMILES string of the molecule is CC(CCC(C)N1CCC2(CCCO2)CC1)C1CCC2(CCCO2)CC1. The predicted octanol–water partition coefficient (Wildman–Crippen LogP) is 5.18. The van der Waals surface area contributed by atoms with Crippen molar-refractivity contribution < 1.29 is 9.47 Å². The Hall–Kier alpha value is -0.120. The van der Waals surface area contributed by atoms with Gasteiger partial charge in [0.2, 0.25) is 0 Å². The molecule has 26 heavy (non-hydrogen) atoms. The molecule has 1 saturated carbocycles. The first-order valence-electron chi connectivity index (χ1n) is 11.6. The molecule has 1 aliphatic carbocycles. The Balaban J connectivity index is 1.17. The molecule has 2 unspecified atom stereocenters. The van der Waals surface area contributed by atoms with E-state index < -0.39 is 0 Å². The van der Waals surface area contributed by atoms with Crippen LogP contribution in [0.4, 0.5) is 0 Å². The zero-order valence-electron chi connectivity index (χ0n) is 17.3. The summed E-state index contributed by atoms with van der Waals surface area (Å²) in [6, 6.07) is 0.740. The van der Waals surface area contributed by atoms with Crippen LogP contribution in [0.1, 0.15) is 90.9 Å². The standard InChI is InChI=1S/C23H41NO2/c1-19(21-7-11-22(12-8-21)9-3-17-25-22)5-6-20(2)24-15-13-23(14-16-24)10-4-18-26-23/h19-21H,3-18H2,1-2H3. The zero-order valence-corrected chi connectivity index (χ0v) is 17.3. The van der Waals surface area contributed by atoms with Crippen molar-refractivity contribution in [1.82, 2.24) is 4.90 Å². The Bertz CT molecular complexity index is 391. The number of hydrogen-bond acceptors (Lipinski definition) is 3. The molecule has 4 aliphatic rings. The molecule has 2 spiro atoms. The van der Waals surface area contributed by atoms with Crippen LogP contribution in [0.25, 0.3) is 0 Å². The number of hydrogen-bond donors (Lipinski definition) is 0. The summed E-state index contributed by atoms with van der Waals surface area (Å²) < 4.78 is 12.2. The second-order valence-corrected chi connectivity index (χ2v) is 10.0. The van der Waals surface area contributed by atoms with Crippen molar-refractivity contribution in [1.29, 1.82) is 0 Å². The molecule has 150 valence electrons. The summed E-state index contributed by atoms with van der Waals surface area (Å²) >= 11 is 0. The molecule has 0 amide bonds. The third kappa shape index (κ3) is 4.15. The van der Waals surface area contributed by atoms with Gasteiger partial charge < -0.3 is 14.4 Å². The van der Waals surface area contributed by atoms with Crippen molar-refractivity contribution in [3.63, 3.8) is 0 Å². The molecular formula is C23H41NO2. The van der Waals surface area contributed by atoms with Crippen molar-refractivity contribution in [3.05, 3.63) is 0 Å². The summed E-state index contributed by atoms with van der Waals surface area (Å²) in [6.07, 6.45) is 15.9. The lowest BCUT2D eigenvalue weighted by Gasteiger charge is -2.42. The quantitative estimate of drug-likeness (QED) is 0.672. The smallest absolute Gasteiger partial charge is 0.0707 e. The maximum atomic E-state index is 6.11. The van der Waals surface area contributed by atoms with E-state index in [4.69, 9.17) is 9.47 Å². The van der Waals surface area contributed by atoms with E-state index in [-0.39, 0.29) is 5.60 Å². The van der Waals surface area contributed by atoms with Gasteiger partial charge in [-0.1, -0.05) is 6.92 Å². The van der Waals surface area contributed by atoms with Crippen LogP contribution in [-0.4, -0.2) is 48.4 Å². The van der Waals surface area contributed by atoms with Crippen LogP contribution in [0.15, 0.2) is 0 Å². The summed E-state index contributed by atoms with van der Waals surface area (Å²) in [5.74, 6) is 1.82. The van der Waals surface area contributed by atoms with Crippen molar-refractivity contribution in [2.24, 2.45) is 11.8 Å². The highest BCUT2D eigenvalue weighted by atomic mass is 16.5. The van der Waals surface area contributed by atoms with Gasteiger partial charge in [-0.2, -0.15) is 0 Å². The number of nitrogens with zero attached hydrogens (tertiary/aromatic N) is 1. The van der Waals surface area contributed by atoms with Crippen molar-refractivity contribution in [2.75, 3.05) is 26.3 Å². The summed E-state index contributed by atoms with van der Waals surface area (Å²) in [5, 5.41) is 0. The largest absolute Gasteiger partial charge is 0.375 e. The van der Waals surface area contributed by atoms with Gasteiger partial charge >= 0.3 is 0 Å². The molecule has 3 heteroatoms. The van der Waals surface area contributed by atoms with Crippen LogP contribution in [0.2, 0.25) is 0 Å². The lowest BCUT2D eigenvalue weighted by Crippen LogP contribution is -2.47. The van der Waals surface area contributed by atoms with E-state index >= 15 is 0 Å². The minimum atomic E-state index is 0.268. The number of ether oxygens (including phenoxy) is 2. The van der Waals surface area contributed by atoms with E-state index in [1.807, 2.05) is 0 Å². The summed E-state index contributed by atoms with van der Waals surface area (Å²) in [6.45, 7) is 9.49. The lowest BCUT2D eigenvalue weighted by atomic mass is 9.72. The van der Waals surface area contributed by atoms with Gasteiger partial charge in [-0.15, -0.1) is 0 Å². The first-order valence-corrected chi connectivity index (χ1v) is 11.6. The van der Waals surface area contributed by atoms with Gasteiger partial charge in [0.1, 0.15) is 0 Å². The molecule has 3 heterocycles. The molecule has 0 aromatic heterocycles. The van der Waals surface area contributed by atoms with E-state index in [1.54, 1.807) is 0 Å². The predicted molar refractivity (Wildman–Crippen MR) is 106 cm³/mol. The number of piperidine rings is 1. The molecule has 0 aromatic rings. The Morgan fingerprint density at radius 1 is 0.808 bits per heavy atom. The summed E-state index contributed by atoms with van der Waals surface area (Å²) in [4.78, 5) is 2.74. The van der Waals surface area contributed by atoms with Crippen molar-refractivity contribution in [2.45, 2.75) is 108 Å². The van der Waals surface area contributed by atoms with Gasteiger partial charge in [-0.3, -0.25) is 0 Å². The molecule has 3 saturated heterocycles. The van der Waals surface area contributed by atoms with Crippen LogP contribution in [0, 0.1) is 11.8 Å². The average molecular weight is 364 g/mol. The molecule has 4 fully saturated rings. The summed E-state index contributed by atoms with van der Waals surface area (Å²) in [5.41, 5.74) is 0.569. The normalized spacial score (nSPS) is 37.4. The second kappa shape index (κ2) is 8.09. The molecule has 4 rings (SSSR count). The fourth-order valence-electron chi connectivity index (χ4n) is 6.33. The second-order valence-electron chi connectivity index (χ2n) is 10.0. The topological polar surface area (TPSA) is 21.7 Å². The van der Waals surface area contributed by atoms with E-state index in [2.05, 4.69) is 18.7 Å². The monoisotopic (exact) mass is 363 g/mol. The van der Waals surface area contributed by atoms with Crippen LogP contribution < -0.4 is 0 Å². The zero-order chi connectivity index (χ0) is 18.0. The van der Waals surface area contributed by atoms with E-state index in [0.29, 0.717) is 5.60 Å². The molecule has 0 radical (unpaired) electrons. The molecule has 0 N–H and O–H groups in total. The van der Waals surface area contributed by atoms with Crippen LogP contribution in [0.3, 0.4) is 0 Å². The van der Waals surface area contributed by atoms with E-state index in [0.717, 1.165) is 31.1 Å². The Morgan fingerprint density at radius 2 is 1.38 bits per heavy atom. The van der Waals surface area contributed by atoms with Crippen LogP contribution in [0.5, 0.6) is 0 Å². The molecule has 3 aliphatic heterocycles. The summed E-state index contributed by atoms with van der Waals surface area (Å²) in [7, 11) is 0. The maximum absolute atomic E-state index is 6.11. The minimum absolute atomic E-state index is 0.268. The highest BCUT2D eigenvalue weighted by Gasteiger charge is 2.41. The van der Waals surface area contributed by atoms with Gasteiger partial charge in [0.05, 0.1) is 11.2 Å². The molecule has 0 bridgehead atoms. The molecular weight excluding hydrogens is 322 g/mol. The Kier molecular flexibility index (Phi) is 5.98. The van der Waals surface area contributed by atoms with Crippen LogP contribution in [-0.2, 0) is 9.47 Å². The van der Waals surface area contributed by atoms with Crippen LogP contribution >= 0.6 is 0 Å². The molecule has 2 atom stereocenters. The maximum Gasteiger partial charge on any atom is 0.0707 e. The Labute approximate surface area is 161 Å². The fraction of sp³-hybridized carbons (Fsp3) is 1.00. The van der Waals surface area contributed by atoms with Gasteiger partial charge in [-0.25, -0.2) is 0 Å². The lowest BCUT2D eigenvalue weighted by molar-refractivity contribution is -0.0514. The fourth-order valence-corrected chi connectivity index (χ4v) is 6.33. The molecule has 0 aromatic carbocycles. The highest BCUT2D eigenvalue weighted by Crippen LogP contribution is 2.44. The van der Waals surface area contributed by atoms with Gasteiger partial charge in [-0.05, 0) is 95.8 Å². The third-order valence-electron chi connectivity index (χ3n) is 8.49. The van der Waals surface area contributed by atoms with Gasteiger partial charge in [0.25, 0.3) is 0 Å². The van der Waals surface area contributed by atoms with E-state index in [1.165, 1.54) is 90.1 Å². The van der Waals surface area contributed by atoms with Crippen molar-refractivity contribution in [3.8, 4) is 0 Å². The van der Waals surface area contributed by atoms with Gasteiger partial charge in [0.15, 0.2) is 0 Å². The molecule has 3 nitrogen and oxygen atoms in total. The first kappa shape index (κ1) is 19.2. The number of likely N-dealkylation sites (tertiary alicyclic amines) is 1.